The van der Waals surface area contributed by atoms with E-state index in [0.29, 0.717) is 11.9 Å². The van der Waals surface area contributed by atoms with E-state index in [4.69, 9.17) is 4.74 Å². The number of piperidine rings is 1. The third-order valence-electron chi connectivity index (χ3n) is 5.11. The maximum absolute atomic E-state index is 12.7. The van der Waals surface area contributed by atoms with Gasteiger partial charge in [-0.15, -0.1) is 0 Å². The van der Waals surface area contributed by atoms with Gasteiger partial charge >= 0.3 is 0 Å². The van der Waals surface area contributed by atoms with E-state index < -0.39 is 0 Å². The van der Waals surface area contributed by atoms with E-state index in [0.717, 1.165) is 57.4 Å². The smallest absolute Gasteiger partial charge is 0.261 e. The minimum atomic E-state index is -0.00375. The second kappa shape index (κ2) is 7.49. The molecular formula is C18H25N5O2. The van der Waals surface area contributed by atoms with Crippen LogP contribution in [-0.2, 0) is 11.3 Å². The molecular weight excluding hydrogens is 318 g/mol. The Balaban J connectivity index is 1.52. The van der Waals surface area contributed by atoms with Crippen molar-refractivity contribution in [3.05, 3.63) is 28.8 Å². The topological polar surface area (TPSA) is 63.5 Å². The maximum Gasteiger partial charge on any atom is 0.261 e. The maximum atomic E-state index is 12.7. The summed E-state index contributed by atoms with van der Waals surface area (Å²) in [6.45, 7) is 6.98. The van der Waals surface area contributed by atoms with Crippen LogP contribution < -0.4 is 10.5 Å². The van der Waals surface area contributed by atoms with Gasteiger partial charge in [0.15, 0.2) is 0 Å². The van der Waals surface area contributed by atoms with Crippen LogP contribution in [0.5, 0.6) is 0 Å². The Labute approximate surface area is 147 Å². The molecule has 0 spiro atoms. The number of nitrogens with zero attached hydrogens (tertiary/aromatic N) is 5. The zero-order valence-corrected chi connectivity index (χ0v) is 14.6. The molecule has 134 valence electrons. The minimum absolute atomic E-state index is 0.00375. The standard InChI is InChI=1S/C18H25N5O2/c24-17-15-14-19-18(23-5-2-1-3-6-23)20-16(15)4-7-22(17)9-8-21-10-12-25-13-11-21/h4,7,14H,1-3,5-6,8-13H2. The molecule has 0 saturated carbocycles. The van der Waals surface area contributed by atoms with Crippen molar-refractivity contribution in [2.45, 2.75) is 25.8 Å². The molecule has 0 aromatic carbocycles. The van der Waals surface area contributed by atoms with Crippen molar-refractivity contribution in [2.24, 2.45) is 0 Å². The zero-order valence-electron chi connectivity index (χ0n) is 14.6. The number of morpholine rings is 1. The van der Waals surface area contributed by atoms with Crippen LogP contribution >= 0.6 is 0 Å². The number of hydrogen-bond acceptors (Lipinski definition) is 6. The minimum Gasteiger partial charge on any atom is -0.379 e. The van der Waals surface area contributed by atoms with Gasteiger partial charge in [-0.1, -0.05) is 0 Å². The molecule has 0 atom stereocenters. The first-order chi connectivity index (χ1) is 12.3. The first-order valence-corrected chi connectivity index (χ1v) is 9.22. The molecule has 7 nitrogen and oxygen atoms in total. The van der Waals surface area contributed by atoms with Gasteiger partial charge < -0.3 is 14.2 Å². The Bertz CT molecular complexity index is 779. The lowest BCUT2D eigenvalue weighted by Gasteiger charge is -2.27. The second-order valence-corrected chi connectivity index (χ2v) is 6.78. The van der Waals surface area contributed by atoms with Gasteiger partial charge in [0, 0.05) is 51.7 Å². The van der Waals surface area contributed by atoms with Gasteiger partial charge in [-0.05, 0) is 25.3 Å². The molecule has 0 amide bonds. The summed E-state index contributed by atoms with van der Waals surface area (Å²) >= 11 is 0. The highest BCUT2D eigenvalue weighted by Crippen LogP contribution is 2.17. The number of pyridine rings is 1. The van der Waals surface area contributed by atoms with Gasteiger partial charge in [-0.25, -0.2) is 9.97 Å². The highest BCUT2D eigenvalue weighted by molar-refractivity contribution is 5.77. The summed E-state index contributed by atoms with van der Waals surface area (Å²) in [4.78, 5) is 26.3. The van der Waals surface area contributed by atoms with Crippen LogP contribution in [0.2, 0.25) is 0 Å². The lowest BCUT2D eigenvalue weighted by Crippen LogP contribution is -2.39. The Morgan fingerprint density at radius 3 is 2.64 bits per heavy atom. The van der Waals surface area contributed by atoms with Crippen LogP contribution in [0, 0.1) is 0 Å². The molecule has 0 aliphatic carbocycles. The van der Waals surface area contributed by atoms with Crippen molar-refractivity contribution in [3.8, 4) is 0 Å². The summed E-state index contributed by atoms with van der Waals surface area (Å²) in [6.07, 6.45) is 7.20. The fourth-order valence-corrected chi connectivity index (χ4v) is 3.56. The van der Waals surface area contributed by atoms with Crippen LogP contribution in [0.1, 0.15) is 19.3 Å². The van der Waals surface area contributed by atoms with Gasteiger partial charge in [0.2, 0.25) is 5.95 Å². The van der Waals surface area contributed by atoms with Crippen LogP contribution in [0.25, 0.3) is 10.9 Å². The molecule has 0 unspecified atom stereocenters. The van der Waals surface area contributed by atoms with Crippen molar-refractivity contribution >= 4 is 16.9 Å². The quantitative estimate of drug-likeness (QED) is 0.829. The van der Waals surface area contributed by atoms with Crippen LogP contribution in [0.4, 0.5) is 5.95 Å². The van der Waals surface area contributed by atoms with Crippen molar-refractivity contribution in [1.82, 2.24) is 19.4 Å². The van der Waals surface area contributed by atoms with Crippen molar-refractivity contribution in [3.63, 3.8) is 0 Å². The van der Waals surface area contributed by atoms with E-state index in [1.807, 2.05) is 12.3 Å². The van der Waals surface area contributed by atoms with E-state index in [-0.39, 0.29) is 5.56 Å². The van der Waals surface area contributed by atoms with Gasteiger partial charge in [0.25, 0.3) is 5.56 Å². The molecule has 2 aliphatic rings. The van der Waals surface area contributed by atoms with E-state index >= 15 is 0 Å². The normalized spacial score (nSPS) is 19.4. The second-order valence-electron chi connectivity index (χ2n) is 6.78. The van der Waals surface area contributed by atoms with Crippen molar-refractivity contribution < 1.29 is 4.74 Å². The number of anilines is 1. The third-order valence-corrected chi connectivity index (χ3v) is 5.11. The van der Waals surface area contributed by atoms with Crippen LogP contribution in [0.3, 0.4) is 0 Å². The number of rotatable bonds is 4. The highest BCUT2D eigenvalue weighted by Gasteiger charge is 2.15. The highest BCUT2D eigenvalue weighted by atomic mass is 16.5. The average Bonchev–Trinajstić information content (AvgIpc) is 2.69. The largest absolute Gasteiger partial charge is 0.379 e. The summed E-state index contributed by atoms with van der Waals surface area (Å²) in [5, 5.41) is 0.602. The molecule has 2 saturated heterocycles. The lowest BCUT2D eigenvalue weighted by molar-refractivity contribution is 0.0363. The Morgan fingerprint density at radius 1 is 1.04 bits per heavy atom. The summed E-state index contributed by atoms with van der Waals surface area (Å²) in [7, 11) is 0. The SMILES string of the molecule is O=c1c2cnc(N3CCCCC3)nc2ccn1CCN1CCOCC1. The van der Waals surface area contributed by atoms with E-state index in [9.17, 15) is 4.79 Å². The number of hydrogen-bond donors (Lipinski definition) is 0. The monoisotopic (exact) mass is 343 g/mol. The molecule has 2 aromatic rings. The predicted molar refractivity (Wildman–Crippen MR) is 97.1 cm³/mol. The van der Waals surface area contributed by atoms with E-state index in [1.54, 1.807) is 10.8 Å². The molecule has 25 heavy (non-hydrogen) atoms. The Kier molecular flexibility index (Phi) is 4.94. The number of ether oxygens (including phenoxy) is 1. The predicted octanol–water partition coefficient (Wildman–Crippen LogP) is 1.11. The number of aromatic nitrogens is 3. The molecule has 2 aromatic heterocycles. The first-order valence-electron chi connectivity index (χ1n) is 9.22. The fourth-order valence-electron chi connectivity index (χ4n) is 3.56. The third kappa shape index (κ3) is 3.67. The van der Waals surface area contributed by atoms with Gasteiger partial charge in [-0.3, -0.25) is 9.69 Å². The Hall–Kier alpha value is -1.99. The molecule has 2 fully saturated rings. The molecule has 0 radical (unpaired) electrons. The van der Waals surface area contributed by atoms with Crippen molar-refractivity contribution in [1.29, 1.82) is 0 Å². The zero-order chi connectivity index (χ0) is 17.1. The molecule has 0 N–H and O–H groups in total. The van der Waals surface area contributed by atoms with Crippen LogP contribution in [-0.4, -0.2) is 65.4 Å². The number of fused-ring (bicyclic) bond motifs is 1. The molecule has 2 aliphatic heterocycles. The van der Waals surface area contributed by atoms with E-state index in [2.05, 4.69) is 19.8 Å². The summed E-state index contributed by atoms with van der Waals surface area (Å²) in [6, 6.07) is 1.94. The first kappa shape index (κ1) is 16.5. The molecule has 7 heteroatoms. The molecule has 4 rings (SSSR count). The van der Waals surface area contributed by atoms with Crippen molar-refractivity contribution in [2.75, 3.05) is 50.8 Å². The Morgan fingerprint density at radius 2 is 1.84 bits per heavy atom. The van der Waals surface area contributed by atoms with Crippen LogP contribution in [0.15, 0.2) is 23.3 Å². The summed E-state index contributed by atoms with van der Waals surface area (Å²) in [5.74, 6) is 0.748. The fraction of sp³-hybridized carbons (Fsp3) is 0.611. The van der Waals surface area contributed by atoms with Gasteiger partial charge in [0.1, 0.15) is 0 Å². The average molecular weight is 343 g/mol. The summed E-state index contributed by atoms with van der Waals surface area (Å²) < 4.78 is 7.13. The molecule has 0 bridgehead atoms. The summed E-state index contributed by atoms with van der Waals surface area (Å²) in [5.41, 5.74) is 0.735. The molecule has 4 heterocycles. The lowest BCUT2D eigenvalue weighted by atomic mass is 10.1. The van der Waals surface area contributed by atoms with E-state index in [1.165, 1.54) is 19.3 Å². The van der Waals surface area contributed by atoms with Gasteiger partial charge in [0.05, 0.1) is 24.1 Å². The van der Waals surface area contributed by atoms with Gasteiger partial charge in [-0.2, -0.15) is 0 Å².